The lowest BCUT2D eigenvalue weighted by Gasteiger charge is -2.40. The van der Waals surface area contributed by atoms with Crippen molar-refractivity contribution in [2.45, 2.75) is 45.6 Å². The van der Waals surface area contributed by atoms with Crippen LogP contribution >= 0.6 is 11.6 Å². The number of urea groups is 1. The number of carbonyl (C=O) groups is 1. The highest BCUT2D eigenvalue weighted by Gasteiger charge is 2.34. The minimum atomic E-state index is -0.0190. The summed E-state index contributed by atoms with van der Waals surface area (Å²) in [5.74, 6) is 0. The van der Waals surface area contributed by atoms with Crippen LogP contribution in [0.15, 0.2) is 24.3 Å². The molecule has 2 amide bonds. The third-order valence-corrected chi connectivity index (χ3v) is 5.43. The number of piperidine rings is 1. The number of hydrogen-bond donors (Lipinski definition) is 2. The van der Waals surface area contributed by atoms with Crippen LogP contribution in [-0.4, -0.2) is 35.7 Å². The summed E-state index contributed by atoms with van der Waals surface area (Å²) in [6.07, 6.45) is 3.52. The van der Waals surface area contributed by atoms with E-state index in [1.165, 1.54) is 0 Å². The van der Waals surface area contributed by atoms with Crippen molar-refractivity contribution >= 4 is 17.6 Å². The molecular weight excluding hydrogens is 312 g/mol. The Labute approximate surface area is 143 Å². The van der Waals surface area contributed by atoms with Crippen molar-refractivity contribution in [3.63, 3.8) is 0 Å². The summed E-state index contributed by atoms with van der Waals surface area (Å²) in [4.78, 5) is 14.4. The van der Waals surface area contributed by atoms with Crippen LogP contribution in [0, 0.1) is 5.41 Å². The number of hydrogen-bond acceptors (Lipinski definition) is 2. The summed E-state index contributed by atoms with van der Waals surface area (Å²) < 4.78 is 0. The first-order valence-corrected chi connectivity index (χ1v) is 8.83. The topological polar surface area (TPSA) is 52.6 Å². The van der Waals surface area contributed by atoms with Crippen LogP contribution in [0.4, 0.5) is 4.79 Å². The van der Waals surface area contributed by atoms with Gasteiger partial charge in [0, 0.05) is 24.7 Å². The highest BCUT2D eigenvalue weighted by atomic mass is 35.5. The molecule has 23 heavy (non-hydrogen) atoms. The predicted octanol–water partition coefficient (Wildman–Crippen LogP) is 3.99. The first-order valence-electron chi connectivity index (χ1n) is 8.45. The Kier molecular flexibility index (Phi) is 6.31. The smallest absolute Gasteiger partial charge is 0.317 e. The molecule has 1 aliphatic heterocycles. The summed E-state index contributed by atoms with van der Waals surface area (Å²) in [5.41, 5.74) is 1.07. The second-order valence-electron chi connectivity index (χ2n) is 6.46. The molecule has 0 bridgehead atoms. The predicted molar refractivity (Wildman–Crippen MR) is 93.6 cm³/mol. The zero-order valence-electron chi connectivity index (χ0n) is 14.0. The molecule has 0 aromatic heterocycles. The van der Waals surface area contributed by atoms with Crippen molar-refractivity contribution in [1.82, 2.24) is 10.2 Å². The Balaban J connectivity index is 1.94. The number of benzene rings is 1. The number of carbonyl (C=O) groups excluding carboxylic acids is 1. The number of nitrogens with one attached hydrogen (secondary N) is 1. The molecule has 1 fully saturated rings. The van der Waals surface area contributed by atoms with Crippen molar-refractivity contribution < 1.29 is 9.90 Å². The third kappa shape index (κ3) is 4.39. The van der Waals surface area contributed by atoms with Crippen LogP contribution in [0.5, 0.6) is 0 Å². The number of nitrogens with zero attached hydrogens (tertiary/aromatic N) is 1. The number of rotatable bonds is 5. The van der Waals surface area contributed by atoms with Crippen molar-refractivity contribution in [2.24, 2.45) is 5.41 Å². The lowest BCUT2D eigenvalue weighted by molar-refractivity contribution is 0.0514. The number of aliphatic hydroxyl groups is 1. The molecule has 0 spiro atoms. The average molecular weight is 339 g/mol. The Bertz CT molecular complexity index is 504. The van der Waals surface area contributed by atoms with E-state index in [1.807, 2.05) is 29.2 Å². The van der Waals surface area contributed by atoms with Crippen LogP contribution in [0.3, 0.4) is 0 Å². The fraction of sp³-hybridized carbons (Fsp3) is 0.611. The number of likely N-dealkylation sites (tertiary alicyclic amines) is 1. The molecule has 1 atom stereocenters. The van der Waals surface area contributed by atoms with Crippen LogP contribution in [0.25, 0.3) is 0 Å². The van der Waals surface area contributed by atoms with E-state index in [1.54, 1.807) is 0 Å². The van der Waals surface area contributed by atoms with E-state index >= 15 is 0 Å². The van der Waals surface area contributed by atoms with Gasteiger partial charge in [0.25, 0.3) is 0 Å². The first-order chi connectivity index (χ1) is 11.0. The number of amides is 2. The van der Waals surface area contributed by atoms with Crippen LogP contribution in [-0.2, 0) is 0 Å². The Morgan fingerprint density at radius 3 is 2.39 bits per heavy atom. The highest BCUT2D eigenvalue weighted by Crippen LogP contribution is 2.34. The molecule has 0 saturated carbocycles. The summed E-state index contributed by atoms with van der Waals surface area (Å²) in [6.45, 7) is 5.79. The Morgan fingerprint density at radius 2 is 1.91 bits per heavy atom. The highest BCUT2D eigenvalue weighted by molar-refractivity contribution is 6.30. The van der Waals surface area contributed by atoms with E-state index in [9.17, 15) is 9.90 Å². The molecule has 4 nitrogen and oxygen atoms in total. The fourth-order valence-corrected chi connectivity index (χ4v) is 3.29. The lowest BCUT2D eigenvalue weighted by atomic mass is 9.77. The van der Waals surface area contributed by atoms with Gasteiger partial charge in [0.15, 0.2) is 0 Å². The van der Waals surface area contributed by atoms with E-state index in [4.69, 9.17) is 11.6 Å². The molecule has 2 rings (SSSR count). The maximum Gasteiger partial charge on any atom is 0.317 e. The van der Waals surface area contributed by atoms with Crippen LogP contribution in [0.1, 0.15) is 51.1 Å². The Morgan fingerprint density at radius 1 is 1.30 bits per heavy atom. The van der Waals surface area contributed by atoms with E-state index in [0.717, 1.165) is 31.2 Å². The number of halogens is 1. The molecule has 1 aromatic rings. The zero-order valence-corrected chi connectivity index (χ0v) is 14.8. The summed E-state index contributed by atoms with van der Waals surface area (Å²) in [5, 5.41) is 13.4. The van der Waals surface area contributed by atoms with E-state index in [-0.39, 0.29) is 24.1 Å². The molecule has 128 valence electrons. The SMILES string of the molecule is CCC(NC(=O)N1CCC(CC)(CO)CC1)c1ccc(Cl)cc1. The quantitative estimate of drug-likeness (QED) is 0.853. The largest absolute Gasteiger partial charge is 0.396 e. The van der Waals surface area contributed by atoms with Crippen LogP contribution in [0.2, 0.25) is 5.02 Å². The minimum absolute atomic E-state index is 0.00286. The van der Waals surface area contributed by atoms with Crippen molar-refractivity contribution in [3.8, 4) is 0 Å². The van der Waals surface area contributed by atoms with Gasteiger partial charge in [-0.2, -0.15) is 0 Å². The maximum atomic E-state index is 12.5. The van der Waals surface area contributed by atoms with E-state index in [2.05, 4.69) is 19.2 Å². The van der Waals surface area contributed by atoms with Crippen molar-refractivity contribution in [2.75, 3.05) is 19.7 Å². The van der Waals surface area contributed by atoms with Crippen LogP contribution < -0.4 is 5.32 Å². The van der Waals surface area contributed by atoms with Gasteiger partial charge in [0.1, 0.15) is 0 Å². The van der Waals surface area contributed by atoms with Gasteiger partial charge in [0.05, 0.1) is 6.04 Å². The zero-order chi connectivity index (χ0) is 16.9. The van der Waals surface area contributed by atoms with E-state index in [0.29, 0.717) is 18.1 Å². The van der Waals surface area contributed by atoms with Gasteiger partial charge < -0.3 is 15.3 Å². The monoisotopic (exact) mass is 338 g/mol. The van der Waals surface area contributed by atoms with Gasteiger partial charge in [-0.05, 0) is 48.8 Å². The van der Waals surface area contributed by atoms with Gasteiger partial charge >= 0.3 is 6.03 Å². The molecular formula is C18H27ClN2O2. The van der Waals surface area contributed by atoms with Gasteiger partial charge in [0.2, 0.25) is 0 Å². The average Bonchev–Trinajstić information content (AvgIpc) is 2.60. The Hall–Kier alpha value is -1.26. The maximum absolute atomic E-state index is 12.5. The molecule has 1 saturated heterocycles. The first kappa shape index (κ1) is 18.1. The molecule has 2 N–H and O–H groups in total. The molecule has 0 radical (unpaired) electrons. The second kappa shape index (κ2) is 8.02. The standard InChI is InChI=1S/C18H27ClN2O2/c1-3-16(14-5-7-15(19)8-6-14)20-17(23)21-11-9-18(4-2,13-22)10-12-21/h5-8,16,22H,3-4,9-13H2,1-2H3,(H,20,23). The number of aliphatic hydroxyl groups excluding tert-OH is 1. The minimum Gasteiger partial charge on any atom is -0.396 e. The molecule has 1 aromatic carbocycles. The van der Waals surface area contributed by atoms with Crippen molar-refractivity contribution in [1.29, 1.82) is 0 Å². The summed E-state index contributed by atoms with van der Waals surface area (Å²) in [6, 6.07) is 7.60. The lowest BCUT2D eigenvalue weighted by Crippen LogP contribution is -2.48. The molecule has 0 aliphatic carbocycles. The van der Waals surface area contributed by atoms with Gasteiger partial charge in [-0.1, -0.05) is 37.6 Å². The molecule has 1 unspecified atom stereocenters. The van der Waals surface area contributed by atoms with Gasteiger partial charge in [-0.25, -0.2) is 4.79 Å². The summed E-state index contributed by atoms with van der Waals surface area (Å²) >= 11 is 5.93. The molecule has 5 heteroatoms. The third-order valence-electron chi connectivity index (χ3n) is 5.18. The van der Waals surface area contributed by atoms with E-state index < -0.39 is 0 Å². The van der Waals surface area contributed by atoms with Gasteiger partial charge in [-0.15, -0.1) is 0 Å². The molecule has 1 aliphatic rings. The van der Waals surface area contributed by atoms with Gasteiger partial charge in [-0.3, -0.25) is 0 Å². The molecule has 1 heterocycles. The van der Waals surface area contributed by atoms with Crippen molar-refractivity contribution in [3.05, 3.63) is 34.9 Å². The fourth-order valence-electron chi connectivity index (χ4n) is 3.16. The summed E-state index contributed by atoms with van der Waals surface area (Å²) in [7, 11) is 0. The second-order valence-corrected chi connectivity index (χ2v) is 6.90. The normalized spacial score (nSPS) is 18.5.